The third kappa shape index (κ3) is 4.02. The van der Waals surface area contributed by atoms with E-state index in [0.717, 1.165) is 17.7 Å². The maximum Gasteiger partial charge on any atom is 0.416 e. The zero-order valence-electron chi connectivity index (χ0n) is 15.7. The SMILES string of the molecule is O=c1[nH]c(-c2ccc(C(F)(F)F)cc2)nc2c1CCN(Cc1ccc(O)c(O)c1)C2. The van der Waals surface area contributed by atoms with Crippen molar-refractivity contribution in [2.24, 2.45) is 0 Å². The number of hydrogen-bond acceptors (Lipinski definition) is 5. The van der Waals surface area contributed by atoms with Crippen LogP contribution in [0.25, 0.3) is 11.4 Å². The first-order valence-corrected chi connectivity index (χ1v) is 9.23. The summed E-state index contributed by atoms with van der Waals surface area (Å²) in [7, 11) is 0. The summed E-state index contributed by atoms with van der Waals surface area (Å²) < 4.78 is 38.3. The number of aromatic nitrogens is 2. The van der Waals surface area contributed by atoms with Crippen LogP contribution < -0.4 is 5.56 Å². The van der Waals surface area contributed by atoms with Crippen molar-refractivity contribution in [3.05, 3.63) is 75.2 Å². The summed E-state index contributed by atoms with van der Waals surface area (Å²) in [6.07, 6.45) is -3.95. The number of H-pyrrole nitrogens is 1. The van der Waals surface area contributed by atoms with Crippen LogP contribution in [0.2, 0.25) is 0 Å². The third-order valence-corrected chi connectivity index (χ3v) is 5.08. The van der Waals surface area contributed by atoms with Crippen molar-refractivity contribution in [1.29, 1.82) is 0 Å². The van der Waals surface area contributed by atoms with Gasteiger partial charge in [-0.15, -0.1) is 0 Å². The number of hydrogen-bond donors (Lipinski definition) is 3. The average molecular weight is 417 g/mol. The normalized spacial score (nSPS) is 14.5. The predicted octanol–water partition coefficient (Wildman–Crippen LogP) is 3.43. The van der Waals surface area contributed by atoms with Gasteiger partial charge in [0.25, 0.3) is 5.56 Å². The van der Waals surface area contributed by atoms with Crippen LogP contribution in [0.3, 0.4) is 0 Å². The molecule has 0 aliphatic carbocycles. The molecule has 2 aromatic carbocycles. The van der Waals surface area contributed by atoms with E-state index in [4.69, 9.17) is 0 Å². The molecule has 156 valence electrons. The molecule has 0 amide bonds. The van der Waals surface area contributed by atoms with Crippen molar-refractivity contribution >= 4 is 0 Å². The number of benzene rings is 2. The Morgan fingerprint density at radius 2 is 1.80 bits per heavy atom. The van der Waals surface area contributed by atoms with Crippen LogP contribution in [0.5, 0.6) is 11.5 Å². The Balaban J connectivity index is 1.58. The molecule has 0 saturated heterocycles. The summed E-state index contributed by atoms with van der Waals surface area (Å²) in [6.45, 7) is 1.48. The quantitative estimate of drug-likeness (QED) is 0.569. The molecule has 1 aliphatic rings. The lowest BCUT2D eigenvalue weighted by Crippen LogP contribution is -2.35. The molecule has 0 bridgehead atoms. The van der Waals surface area contributed by atoms with E-state index in [2.05, 4.69) is 9.97 Å². The van der Waals surface area contributed by atoms with Gasteiger partial charge in [-0.2, -0.15) is 13.2 Å². The molecule has 2 heterocycles. The summed E-state index contributed by atoms with van der Waals surface area (Å²) in [5.74, 6) is -0.183. The van der Waals surface area contributed by atoms with Gasteiger partial charge in [0.15, 0.2) is 11.5 Å². The van der Waals surface area contributed by atoms with Gasteiger partial charge in [-0.05, 0) is 36.2 Å². The number of nitrogens with one attached hydrogen (secondary N) is 1. The summed E-state index contributed by atoms with van der Waals surface area (Å²) in [5.41, 5.74) is 1.26. The summed E-state index contributed by atoms with van der Waals surface area (Å²) in [6, 6.07) is 9.07. The van der Waals surface area contributed by atoms with Gasteiger partial charge in [-0.25, -0.2) is 4.98 Å². The third-order valence-electron chi connectivity index (χ3n) is 5.08. The van der Waals surface area contributed by atoms with Crippen molar-refractivity contribution in [1.82, 2.24) is 14.9 Å². The molecular formula is C21H18F3N3O3. The van der Waals surface area contributed by atoms with Crippen molar-refractivity contribution in [2.75, 3.05) is 6.54 Å². The minimum Gasteiger partial charge on any atom is -0.504 e. The van der Waals surface area contributed by atoms with Gasteiger partial charge in [0.1, 0.15) is 5.82 Å². The van der Waals surface area contributed by atoms with Gasteiger partial charge < -0.3 is 15.2 Å². The lowest BCUT2D eigenvalue weighted by atomic mass is 10.0. The zero-order valence-corrected chi connectivity index (χ0v) is 15.7. The van der Waals surface area contributed by atoms with Crippen molar-refractivity contribution in [3.63, 3.8) is 0 Å². The largest absolute Gasteiger partial charge is 0.504 e. The van der Waals surface area contributed by atoms with Crippen molar-refractivity contribution < 1.29 is 23.4 Å². The number of phenolic OH excluding ortho intramolecular Hbond substituents is 2. The summed E-state index contributed by atoms with van der Waals surface area (Å²) in [5, 5.41) is 19.1. The number of aromatic amines is 1. The molecule has 0 fully saturated rings. The van der Waals surface area contributed by atoms with E-state index in [-0.39, 0.29) is 22.9 Å². The second kappa shape index (κ2) is 7.49. The Hall–Kier alpha value is -3.33. The number of aromatic hydroxyl groups is 2. The van der Waals surface area contributed by atoms with E-state index in [0.29, 0.717) is 42.9 Å². The first kappa shape index (κ1) is 20.0. The van der Waals surface area contributed by atoms with Crippen LogP contribution >= 0.6 is 0 Å². The topological polar surface area (TPSA) is 89.5 Å². The van der Waals surface area contributed by atoms with Gasteiger partial charge in [-0.3, -0.25) is 9.69 Å². The number of alkyl halides is 3. The van der Waals surface area contributed by atoms with Gasteiger partial charge >= 0.3 is 6.18 Å². The molecule has 0 radical (unpaired) electrons. The van der Waals surface area contributed by atoms with Crippen LogP contribution in [-0.4, -0.2) is 31.6 Å². The molecule has 0 spiro atoms. The fourth-order valence-electron chi connectivity index (χ4n) is 3.51. The molecule has 3 N–H and O–H groups in total. The first-order chi connectivity index (χ1) is 14.2. The molecule has 1 aromatic heterocycles. The second-order valence-corrected chi connectivity index (χ2v) is 7.20. The van der Waals surface area contributed by atoms with Gasteiger partial charge in [0, 0.05) is 30.8 Å². The molecule has 3 aromatic rings. The Labute approximate surface area is 169 Å². The van der Waals surface area contributed by atoms with Gasteiger partial charge in [-0.1, -0.05) is 18.2 Å². The van der Waals surface area contributed by atoms with E-state index in [1.165, 1.54) is 24.3 Å². The highest BCUT2D eigenvalue weighted by Gasteiger charge is 2.30. The average Bonchev–Trinajstić information content (AvgIpc) is 2.70. The van der Waals surface area contributed by atoms with Crippen LogP contribution in [0, 0.1) is 0 Å². The summed E-state index contributed by atoms with van der Waals surface area (Å²) in [4.78, 5) is 21.7. The van der Waals surface area contributed by atoms with E-state index in [1.54, 1.807) is 6.07 Å². The Bertz CT molecular complexity index is 1140. The molecule has 0 unspecified atom stereocenters. The maximum atomic E-state index is 12.8. The van der Waals surface area contributed by atoms with E-state index >= 15 is 0 Å². The van der Waals surface area contributed by atoms with Crippen molar-refractivity contribution in [2.45, 2.75) is 25.7 Å². The Morgan fingerprint density at radius 1 is 1.07 bits per heavy atom. The van der Waals surface area contributed by atoms with E-state index in [9.17, 15) is 28.2 Å². The molecule has 4 rings (SSSR count). The molecule has 6 nitrogen and oxygen atoms in total. The molecular weight excluding hydrogens is 399 g/mol. The van der Waals surface area contributed by atoms with Gasteiger partial charge in [0.05, 0.1) is 11.3 Å². The van der Waals surface area contributed by atoms with Crippen LogP contribution in [0.15, 0.2) is 47.3 Å². The number of rotatable bonds is 3. The molecule has 0 atom stereocenters. The maximum absolute atomic E-state index is 12.8. The summed E-state index contributed by atoms with van der Waals surface area (Å²) >= 11 is 0. The fourth-order valence-corrected chi connectivity index (χ4v) is 3.51. The number of nitrogens with zero attached hydrogens (tertiary/aromatic N) is 2. The Morgan fingerprint density at radius 3 is 2.47 bits per heavy atom. The minimum atomic E-state index is -4.43. The minimum absolute atomic E-state index is 0.197. The van der Waals surface area contributed by atoms with Gasteiger partial charge in [0.2, 0.25) is 0 Å². The number of phenols is 2. The first-order valence-electron chi connectivity index (χ1n) is 9.23. The second-order valence-electron chi connectivity index (χ2n) is 7.20. The van der Waals surface area contributed by atoms with E-state index in [1.807, 2.05) is 4.90 Å². The monoisotopic (exact) mass is 417 g/mol. The Kier molecular flexibility index (Phi) is 4.98. The van der Waals surface area contributed by atoms with E-state index < -0.39 is 11.7 Å². The molecule has 30 heavy (non-hydrogen) atoms. The smallest absolute Gasteiger partial charge is 0.416 e. The fraction of sp³-hybridized carbons (Fsp3) is 0.238. The highest BCUT2D eigenvalue weighted by Crippen LogP contribution is 2.31. The standard InChI is InChI=1S/C21H18F3N3O3/c22-21(23,24)14-4-2-13(3-5-14)19-25-16-11-27(8-7-15(16)20(30)26-19)10-12-1-6-17(28)18(29)9-12/h1-6,9,28-29H,7-8,10-11H2,(H,25,26,30). The van der Waals surface area contributed by atoms with Crippen molar-refractivity contribution in [3.8, 4) is 22.9 Å². The number of halogens is 3. The van der Waals surface area contributed by atoms with Crippen LogP contribution in [-0.2, 0) is 25.7 Å². The predicted molar refractivity (Wildman–Crippen MR) is 103 cm³/mol. The van der Waals surface area contributed by atoms with Crippen LogP contribution in [0.4, 0.5) is 13.2 Å². The highest BCUT2D eigenvalue weighted by molar-refractivity contribution is 5.56. The lowest BCUT2D eigenvalue weighted by molar-refractivity contribution is -0.137. The highest BCUT2D eigenvalue weighted by atomic mass is 19.4. The molecule has 0 saturated carbocycles. The lowest BCUT2D eigenvalue weighted by Gasteiger charge is -2.27. The number of fused-ring (bicyclic) bond motifs is 1. The zero-order chi connectivity index (χ0) is 21.5. The molecule has 1 aliphatic heterocycles. The van der Waals surface area contributed by atoms with Crippen LogP contribution in [0.1, 0.15) is 22.4 Å². The molecule has 9 heteroatoms.